The van der Waals surface area contributed by atoms with E-state index in [-0.39, 0.29) is 6.54 Å². The molecule has 2 rings (SSSR count). The van der Waals surface area contributed by atoms with Crippen LogP contribution in [-0.2, 0) is 9.53 Å². The minimum Gasteiger partial charge on any atom is -0.480 e. The van der Waals surface area contributed by atoms with E-state index in [4.69, 9.17) is 9.84 Å². The molecule has 0 amide bonds. The summed E-state index contributed by atoms with van der Waals surface area (Å²) < 4.78 is 5.59. The molecule has 2 heterocycles. The fraction of sp³-hybridized carbons (Fsp3) is 0.909. The fourth-order valence-electron chi connectivity index (χ4n) is 2.47. The summed E-state index contributed by atoms with van der Waals surface area (Å²) in [7, 11) is 0. The van der Waals surface area contributed by atoms with Crippen LogP contribution >= 0.6 is 0 Å². The van der Waals surface area contributed by atoms with Gasteiger partial charge in [0.15, 0.2) is 0 Å². The van der Waals surface area contributed by atoms with Gasteiger partial charge in [-0.1, -0.05) is 0 Å². The number of nitrogens with zero attached hydrogens (tertiary/aromatic N) is 1. The van der Waals surface area contributed by atoms with Crippen LogP contribution < -0.4 is 5.32 Å². The number of ether oxygens (including phenoxy) is 1. The Morgan fingerprint density at radius 1 is 1.50 bits per heavy atom. The minimum atomic E-state index is -0.780. The summed E-state index contributed by atoms with van der Waals surface area (Å²) in [5.74, 6) is -0.780. The van der Waals surface area contributed by atoms with Gasteiger partial charge >= 0.3 is 5.97 Å². The molecule has 5 nitrogen and oxygen atoms in total. The first-order chi connectivity index (χ1) is 7.74. The molecule has 2 N–H and O–H groups in total. The quantitative estimate of drug-likeness (QED) is 0.689. The molecule has 0 saturated carbocycles. The van der Waals surface area contributed by atoms with Gasteiger partial charge in [-0.05, 0) is 25.8 Å². The zero-order valence-electron chi connectivity index (χ0n) is 9.52. The van der Waals surface area contributed by atoms with E-state index in [2.05, 4.69) is 10.2 Å². The van der Waals surface area contributed by atoms with Gasteiger partial charge in [0.2, 0.25) is 0 Å². The zero-order chi connectivity index (χ0) is 11.4. The van der Waals surface area contributed by atoms with Crippen molar-refractivity contribution < 1.29 is 14.6 Å². The summed E-state index contributed by atoms with van der Waals surface area (Å²) in [6, 6.07) is 0.331. The number of hydrogen-bond acceptors (Lipinski definition) is 4. The van der Waals surface area contributed by atoms with E-state index in [9.17, 15) is 4.79 Å². The van der Waals surface area contributed by atoms with E-state index >= 15 is 0 Å². The Balaban J connectivity index is 1.64. The molecule has 2 fully saturated rings. The summed E-state index contributed by atoms with van der Waals surface area (Å²) in [5, 5.41) is 11.6. The molecule has 0 aromatic heterocycles. The Hall–Kier alpha value is -0.650. The monoisotopic (exact) mass is 228 g/mol. The predicted octanol–water partition coefficient (Wildman–Crippen LogP) is -0.0861. The maximum atomic E-state index is 10.4. The van der Waals surface area contributed by atoms with Gasteiger partial charge in [0.25, 0.3) is 0 Å². The van der Waals surface area contributed by atoms with Crippen LogP contribution in [0.3, 0.4) is 0 Å². The lowest BCUT2D eigenvalue weighted by atomic mass is 10.2. The molecular weight excluding hydrogens is 208 g/mol. The highest BCUT2D eigenvalue weighted by Crippen LogP contribution is 2.16. The molecule has 16 heavy (non-hydrogen) atoms. The second-order valence-electron chi connectivity index (χ2n) is 4.65. The van der Waals surface area contributed by atoms with Gasteiger partial charge in [-0.3, -0.25) is 9.69 Å². The molecule has 5 heteroatoms. The Morgan fingerprint density at radius 3 is 3.06 bits per heavy atom. The second kappa shape index (κ2) is 5.61. The molecule has 92 valence electrons. The number of nitrogens with one attached hydrogen (secondary N) is 1. The van der Waals surface area contributed by atoms with Gasteiger partial charge < -0.3 is 15.2 Å². The molecule has 2 aliphatic rings. The van der Waals surface area contributed by atoms with E-state index in [1.807, 2.05) is 0 Å². The third-order valence-electron chi connectivity index (χ3n) is 3.30. The first-order valence-electron chi connectivity index (χ1n) is 6.03. The van der Waals surface area contributed by atoms with Crippen molar-refractivity contribution in [1.29, 1.82) is 0 Å². The molecular formula is C11H20N2O3. The molecule has 0 spiro atoms. The highest BCUT2D eigenvalue weighted by molar-refractivity contribution is 5.69. The third kappa shape index (κ3) is 3.43. The standard InChI is InChI=1S/C11H20N2O3/c14-11(15)6-12-9-3-4-13(7-9)8-10-2-1-5-16-10/h9-10,12H,1-8H2,(H,14,15). The molecule has 0 radical (unpaired) electrons. The van der Waals surface area contributed by atoms with Crippen molar-refractivity contribution in [2.75, 3.05) is 32.8 Å². The number of hydrogen-bond donors (Lipinski definition) is 2. The summed E-state index contributed by atoms with van der Waals surface area (Å²) >= 11 is 0. The topological polar surface area (TPSA) is 61.8 Å². The molecule has 2 aliphatic heterocycles. The molecule has 0 aromatic carbocycles. The summed E-state index contributed by atoms with van der Waals surface area (Å²) in [6.45, 7) is 3.98. The number of rotatable bonds is 5. The van der Waals surface area contributed by atoms with Crippen molar-refractivity contribution in [2.24, 2.45) is 0 Å². The first-order valence-corrected chi connectivity index (χ1v) is 6.03. The third-order valence-corrected chi connectivity index (χ3v) is 3.30. The number of carboxylic acids is 1. The van der Waals surface area contributed by atoms with Gasteiger partial charge in [0.05, 0.1) is 12.6 Å². The maximum absolute atomic E-state index is 10.4. The fourth-order valence-corrected chi connectivity index (χ4v) is 2.47. The molecule has 2 atom stereocenters. The second-order valence-corrected chi connectivity index (χ2v) is 4.65. The van der Waals surface area contributed by atoms with Crippen LogP contribution in [0.25, 0.3) is 0 Å². The first kappa shape index (κ1) is 11.8. The van der Waals surface area contributed by atoms with Crippen LogP contribution in [0.5, 0.6) is 0 Å². The van der Waals surface area contributed by atoms with Gasteiger partial charge in [-0.2, -0.15) is 0 Å². The molecule has 0 aromatic rings. The average molecular weight is 228 g/mol. The average Bonchev–Trinajstić information content (AvgIpc) is 2.87. The van der Waals surface area contributed by atoms with Crippen LogP contribution in [0.2, 0.25) is 0 Å². The van der Waals surface area contributed by atoms with Gasteiger partial charge in [0.1, 0.15) is 0 Å². The maximum Gasteiger partial charge on any atom is 0.317 e. The molecule has 0 aliphatic carbocycles. The summed E-state index contributed by atoms with van der Waals surface area (Å²) in [4.78, 5) is 12.8. The van der Waals surface area contributed by atoms with E-state index < -0.39 is 5.97 Å². The number of carbonyl (C=O) groups is 1. The number of likely N-dealkylation sites (tertiary alicyclic amines) is 1. The number of carboxylic acid groups (broad SMARTS) is 1. The van der Waals surface area contributed by atoms with Crippen LogP contribution in [0.4, 0.5) is 0 Å². The Labute approximate surface area is 95.8 Å². The van der Waals surface area contributed by atoms with Gasteiger partial charge in [-0.15, -0.1) is 0 Å². The van der Waals surface area contributed by atoms with Crippen molar-refractivity contribution in [3.8, 4) is 0 Å². The van der Waals surface area contributed by atoms with Crippen molar-refractivity contribution in [3.63, 3.8) is 0 Å². The van der Waals surface area contributed by atoms with Crippen molar-refractivity contribution in [3.05, 3.63) is 0 Å². The lowest BCUT2D eigenvalue weighted by Crippen LogP contribution is -2.37. The van der Waals surface area contributed by atoms with Crippen LogP contribution in [-0.4, -0.2) is 60.9 Å². The van der Waals surface area contributed by atoms with Crippen molar-refractivity contribution >= 4 is 5.97 Å². The SMILES string of the molecule is O=C(O)CNC1CCN(CC2CCCO2)C1. The van der Waals surface area contributed by atoms with E-state index in [0.717, 1.165) is 32.7 Å². The summed E-state index contributed by atoms with van der Waals surface area (Å²) in [5.41, 5.74) is 0. The van der Waals surface area contributed by atoms with E-state index in [1.54, 1.807) is 0 Å². The van der Waals surface area contributed by atoms with Gasteiger partial charge in [-0.25, -0.2) is 0 Å². The van der Waals surface area contributed by atoms with Crippen LogP contribution in [0, 0.1) is 0 Å². The largest absolute Gasteiger partial charge is 0.480 e. The highest BCUT2D eigenvalue weighted by Gasteiger charge is 2.26. The molecule has 2 unspecified atom stereocenters. The highest BCUT2D eigenvalue weighted by atomic mass is 16.5. The lowest BCUT2D eigenvalue weighted by Gasteiger charge is -2.19. The molecule has 0 bridgehead atoms. The lowest BCUT2D eigenvalue weighted by molar-refractivity contribution is -0.136. The molecule has 2 saturated heterocycles. The zero-order valence-corrected chi connectivity index (χ0v) is 9.52. The van der Waals surface area contributed by atoms with E-state index in [0.29, 0.717) is 12.1 Å². The Morgan fingerprint density at radius 2 is 2.38 bits per heavy atom. The predicted molar refractivity (Wildman–Crippen MR) is 59.5 cm³/mol. The number of aliphatic carboxylic acids is 1. The smallest absolute Gasteiger partial charge is 0.317 e. The van der Waals surface area contributed by atoms with E-state index in [1.165, 1.54) is 12.8 Å². The van der Waals surface area contributed by atoms with Crippen molar-refractivity contribution in [2.45, 2.75) is 31.4 Å². The van der Waals surface area contributed by atoms with Crippen molar-refractivity contribution in [1.82, 2.24) is 10.2 Å². The Kier molecular flexibility index (Phi) is 4.15. The minimum absolute atomic E-state index is 0.0679. The Bertz CT molecular complexity index is 241. The normalized spacial score (nSPS) is 31.0. The van der Waals surface area contributed by atoms with Crippen LogP contribution in [0.15, 0.2) is 0 Å². The summed E-state index contributed by atoms with van der Waals surface area (Å²) in [6.07, 6.45) is 3.79. The van der Waals surface area contributed by atoms with Crippen LogP contribution in [0.1, 0.15) is 19.3 Å². The van der Waals surface area contributed by atoms with Gasteiger partial charge in [0, 0.05) is 25.7 Å².